The molecule has 1 N–H and O–H groups in total. The first-order valence-electron chi connectivity index (χ1n) is 7.83. The van der Waals surface area contributed by atoms with E-state index in [2.05, 4.69) is 32.1 Å². The summed E-state index contributed by atoms with van der Waals surface area (Å²) in [4.78, 5) is 0. The minimum absolute atomic E-state index is 0.292. The first kappa shape index (κ1) is 14.6. The molecular weight excluding hydrogens is 234 g/mol. The summed E-state index contributed by atoms with van der Waals surface area (Å²) in [6.45, 7) is 4.54. The van der Waals surface area contributed by atoms with Gasteiger partial charge in [-0.1, -0.05) is 26.0 Å². The molecule has 2 nitrogen and oxygen atoms in total. The molecule has 2 rings (SSSR count). The van der Waals surface area contributed by atoms with Gasteiger partial charge >= 0.3 is 0 Å². The van der Waals surface area contributed by atoms with Gasteiger partial charge in [-0.25, -0.2) is 0 Å². The second-order valence-corrected chi connectivity index (χ2v) is 6.84. The highest BCUT2D eigenvalue weighted by atomic mass is 16.3. The molecule has 2 unspecified atom stereocenters. The molecule has 0 saturated heterocycles. The van der Waals surface area contributed by atoms with Crippen molar-refractivity contribution >= 4 is 0 Å². The van der Waals surface area contributed by atoms with Crippen LogP contribution in [-0.4, -0.2) is 11.2 Å². The number of aliphatic hydroxyl groups excluding tert-OH is 1. The van der Waals surface area contributed by atoms with E-state index in [1.165, 1.54) is 0 Å². The Morgan fingerprint density at radius 1 is 1.16 bits per heavy atom. The monoisotopic (exact) mass is 261 g/mol. The molecule has 0 bridgehead atoms. The van der Waals surface area contributed by atoms with Crippen molar-refractivity contribution in [3.05, 3.63) is 12.2 Å². The third-order valence-corrected chi connectivity index (χ3v) is 5.41. The van der Waals surface area contributed by atoms with E-state index >= 15 is 0 Å². The number of nitriles is 1. The Kier molecular flexibility index (Phi) is 4.68. The molecule has 2 aliphatic carbocycles. The van der Waals surface area contributed by atoms with Crippen LogP contribution in [0.2, 0.25) is 0 Å². The van der Waals surface area contributed by atoms with Crippen molar-refractivity contribution in [1.29, 1.82) is 5.26 Å². The molecule has 2 aliphatic rings. The zero-order chi connectivity index (χ0) is 13.9. The Morgan fingerprint density at radius 2 is 1.84 bits per heavy atom. The van der Waals surface area contributed by atoms with Crippen molar-refractivity contribution in [2.75, 3.05) is 0 Å². The predicted octanol–water partition coefficient (Wildman–Crippen LogP) is 4.06. The predicted molar refractivity (Wildman–Crippen MR) is 77.3 cm³/mol. The van der Waals surface area contributed by atoms with E-state index in [0.717, 1.165) is 50.9 Å². The fourth-order valence-electron chi connectivity index (χ4n) is 3.85. The normalized spacial score (nSPS) is 37.0. The lowest BCUT2D eigenvalue weighted by molar-refractivity contribution is -0.0215. The molecule has 106 valence electrons. The third-order valence-electron chi connectivity index (χ3n) is 5.41. The summed E-state index contributed by atoms with van der Waals surface area (Å²) >= 11 is 0. The number of rotatable bonds is 3. The fourth-order valence-corrected chi connectivity index (χ4v) is 3.85. The van der Waals surface area contributed by atoms with E-state index in [0.29, 0.717) is 11.8 Å². The quantitative estimate of drug-likeness (QED) is 0.779. The fraction of sp³-hybridized carbons (Fsp3) is 0.824. The highest BCUT2D eigenvalue weighted by molar-refractivity contribution is 5.09. The van der Waals surface area contributed by atoms with Crippen LogP contribution in [0.4, 0.5) is 0 Å². The molecule has 0 radical (unpaired) electrons. The lowest BCUT2D eigenvalue weighted by Gasteiger charge is -2.42. The van der Waals surface area contributed by atoms with Crippen LogP contribution in [0.15, 0.2) is 12.2 Å². The molecule has 0 heterocycles. The van der Waals surface area contributed by atoms with Crippen molar-refractivity contribution < 1.29 is 5.11 Å². The minimum atomic E-state index is -0.471. The number of allylic oxidation sites excluding steroid dienone is 2. The molecule has 0 spiro atoms. The average Bonchev–Trinajstić information content (AvgIpc) is 2.47. The molecule has 1 saturated carbocycles. The lowest BCUT2D eigenvalue weighted by atomic mass is 9.63. The van der Waals surface area contributed by atoms with E-state index < -0.39 is 11.5 Å². The molecule has 0 aliphatic heterocycles. The molecule has 19 heavy (non-hydrogen) atoms. The summed E-state index contributed by atoms with van der Waals surface area (Å²) in [7, 11) is 0. The number of hydrogen-bond acceptors (Lipinski definition) is 2. The van der Waals surface area contributed by atoms with E-state index in [1.54, 1.807) is 0 Å². The summed E-state index contributed by atoms with van der Waals surface area (Å²) in [6, 6.07) is 2.50. The molecular formula is C17H27NO. The molecule has 2 heteroatoms. The van der Waals surface area contributed by atoms with Crippen LogP contribution in [-0.2, 0) is 0 Å². The number of hydrogen-bond donors (Lipinski definition) is 1. The largest absolute Gasteiger partial charge is 0.391 e. The Morgan fingerprint density at radius 3 is 2.32 bits per heavy atom. The van der Waals surface area contributed by atoms with Crippen LogP contribution in [0.1, 0.15) is 58.8 Å². The van der Waals surface area contributed by atoms with Crippen LogP contribution in [0.25, 0.3) is 0 Å². The Bertz CT molecular complexity index is 358. The van der Waals surface area contributed by atoms with Gasteiger partial charge in [0, 0.05) is 0 Å². The van der Waals surface area contributed by atoms with E-state index in [4.69, 9.17) is 0 Å². The van der Waals surface area contributed by atoms with Crippen LogP contribution in [0.3, 0.4) is 0 Å². The van der Waals surface area contributed by atoms with Gasteiger partial charge in [0.05, 0.1) is 17.6 Å². The average molecular weight is 261 g/mol. The summed E-state index contributed by atoms with van der Waals surface area (Å²) < 4.78 is 0. The zero-order valence-corrected chi connectivity index (χ0v) is 12.3. The van der Waals surface area contributed by atoms with E-state index in [9.17, 15) is 10.4 Å². The molecule has 0 aromatic heterocycles. The minimum Gasteiger partial charge on any atom is -0.391 e. The highest BCUT2D eigenvalue weighted by Gasteiger charge is 2.44. The van der Waals surface area contributed by atoms with Gasteiger partial charge in [0.15, 0.2) is 0 Å². The summed E-state index contributed by atoms with van der Waals surface area (Å²) in [6.07, 6.45) is 10.9. The molecule has 1 fully saturated rings. The van der Waals surface area contributed by atoms with Gasteiger partial charge < -0.3 is 5.11 Å². The smallest absolute Gasteiger partial charge is 0.0835 e. The Hall–Kier alpha value is -0.810. The van der Waals surface area contributed by atoms with Crippen LogP contribution < -0.4 is 0 Å². The van der Waals surface area contributed by atoms with Crippen LogP contribution >= 0.6 is 0 Å². The van der Waals surface area contributed by atoms with Crippen molar-refractivity contribution in [1.82, 2.24) is 0 Å². The van der Waals surface area contributed by atoms with Gasteiger partial charge in [0.25, 0.3) is 0 Å². The molecule has 0 aromatic carbocycles. The number of aliphatic hydroxyl groups is 1. The van der Waals surface area contributed by atoms with Crippen LogP contribution in [0, 0.1) is 34.5 Å². The van der Waals surface area contributed by atoms with Crippen molar-refractivity contribution in [2.45, 2.75) is 64.9 Å². The van der Waals surface area contributed by atoms with Crippen LogP contribution in [0.5, 0.6) is 0 Å². The summed E-state index contributed by atoms with van der Waals surface area (Å²) in [5.41, 5.74) is -0.471. The van der Waals surface area contributed by atoms with E-state index in [-0.39, 0.29) is 0 Å². The van der Waals surface area contributed by atoms with E-state index in [1.807, 2.05) is 0 Å². The first-order chi connectivity index (χ1) is 9.09. The Labute approximate surface area is 117 Å². The maximum absolute atomic E-state index is 10.7. The maximum atomic E-state index is 10.7. The van der Waals surface area contributed by atoms with Gasteiger partial charge in [0.1, 0.15) is 0 Å². The summed E-state index contributed by atoms with van der Waals surface area (Å²) in [5, 5.41) is 20.4. The van der Waals surface area contributed by atoms with Crippen molar-refractivity contribution in [3.8, 4) is 6.07 Å². The van der Waals surface area contributed by atoms with Gasteiger partial charge in [-0.05, 0) is 62.7 Å². The van der Waals surface area contributed by atoms with Gasteiger partial charge in [-0.3, -0.25) is 0 Å². The molecule has 0 aromatic rings. The van der Waals surface area contributed by atoms with Crippen molar-refractivity contribution in [2.24, 2.45) is 23.2 Å². The molecule has 2 atom stereocenters. The SMILES string of the molecule is CC(C)C1CCC(C#N)(C(O)C2CC=CCC2)CC1. The highest BCUT2D eigenvalue weighted by Crippen LogP contribution is 2.46. The third kappa shape index (κ3) is 3.03. The first-order valence-corrected chi connectivity index (χ1v) is 7.83. The summed E-state index contributed by atoms with van der Waals surface area (Å²) in [5.74, 6) is 1.73. The number of nitrogens with zero attached hydrogens (tertiary/aromatic N) is 1. The van der Waals surface area contributed by atoms with Gasteiger partial charge in [-0.15, -0.1) is 0 Å². The molecule has 0 amide bonds. The van der Waals surface area contributed by atoms with Crippen molar-refractivity contribution in [3.63, 3.8) is 0 Å². The lowest BCUT2D eigenvalue weighted by Crippen LogP contribution is -2.43. The Balaban J connectivity index is 2.03. The standard InChI is InChI=1S/C17H27NO/c1-13(2)14-8-10-17(12-18,11-9-14)16(19)15-6-4-3-5-7-15/h3-4,13-16,19H,5-11H2,1-2H3. The topological polar surface area (TPSA) is 44.0 Å². The maximum Gasteiger partial charge on any atom is 0.0835 e. The van der Waals surface area contributed by atoms with Gasteiger partial charge in [0.2, 0.25) is 0 Å². The second-order valence-electron chi connectivity index (χ2n) is 6.84. The van der Waals surface area contributed by atoms with Gasteiger partial charge in [-0.2, -0.15) is 5.26 Å². The zero-order valence-electron chi connectivity index (χ0n) is 12.3. The second kappa shape index (κ2) is 6.09.